The molecule has 7 nitrogen and oxygen atoms in total. The number of para-hydroxylation sites is 1. The van der Waals surface area contributed by atoms with E-state index in [0.29, 0.717) is 18.0 Å². The Hall–Kier alpha value is -2.84. The predicted octanol–water partition coefficient (Wildman–Crippen LogP) is 4.19. The van der Waals surface area contributed by atoms with Crippen molar-refractivity contribution in [2.75, 3.05) is 18.4 Å². The average Bonchev–Trinajstić information content (AvgIpc) is 3.11. The number of amides is 1. The number of aromatic nitrogens is 4. The van der Waals surface area contributed by atoms with Gasteiger partial charge in [-0.05, 0) is 62.3 Å². The van der Waals surface area contributed by atoms with E-state index < -0.39 is 0 Å². The van der Waals surface area contributed by atoms with Gasteiger partial charge in [-0.15, -0.1) is 0 Å². The third kappa shape index (κ3) is 5.08. The monoisotopic (exact) mass is 436 g/mol. The summed E-state index contributed by atoms with van der Waals surface area (Å²) in [6, 6.07) is 13.5. The van der Waals surface area contributed by atoms with Crippen molar-refractivity contribution in [1.29, 1.82) is 0 Å². The van der Waals surface area contributed by atoms with Crippen molar-refractivity contribution in [2.24, 2.45) is 5.92 Å². The zero-order chi connectivity index (χ0) is 21.6. The lowest BCUT2D eigenvalue weighted by atomic mass is 9.97. The Kier molecular flexibility index (Phi) is 6.89. The van der Waals surface area contributed by atoms with Gasteiger partial charge in [0.1, 0.15) is 0 Å². The lowest BCUT2D eigenvalue weighted by Gasteiger charge is -2.31. The summed E-state index contributed by atoms with van der Waals surface area (Å²) in [5.41, 5.74) is 1.85. The molecule has 1 fully saturated rings. The number of piperidine rings is 1. The molecule has 0 spiro atoms. The maximum atomic E-state index is 12.8. The van der Waals surface area contributed by atoms with E-state index in [1.807, 2.05) is 47.1 Å². The Morgan fingerprint density at radius 3 is 2.71 bits per heavy atom. The first-order chi connectivity index (χ1) is 15.2. The Bertz CT molecular complexity index is 1060. The van der Waals surface area contributed by atoms with Crippen LogP contribution in [0.2, 0.25) is 0 Å². The van der Waals surface area contributed by atoms with Crippen LogP contribution in [-0.2, 0) is 18.0 Å². The number of nitrogens with one attached hydrogen (secondary N) is 1. The van der Waals surface area contributed by atoms with E-state index in [0.717, 1.165) is 49.4 Å². The highest BCUT2D eigenvalue weighted by atomic mass is 32.1. The van der Waals surface area contributed by atoms with E-state index in [9.17, 15) is 4.79 Å². The first-order valence-corrected chi connectivity index (χ1v) is 11.2. The Labute approximate surface area is 187 Å². The number of rotatable bonds is 7. The smallest absolute Gasteiger partial charge is 0.228 e. The van der Waals surface area contributed by atoms with Crippen LogP contribution in [-0.4, -0.2) is 43.2 Å². The number of carbonyl (C=O) groups is 1. The second kappa shape index (κ2) is 9.98. The summed E-state index contributed by atoms with van der Waals surface area (Å²) in [5.74, 6) is 0.902. The highest BCUT2D eigenvalue weighted by molar-refractivity contribution is 7.71. The molecular weight excluding hydrogens is 408 g/mol. The summed E-state index contributed by atoms with van der Waals surface area (Å²) in [5, 5.41) is 7.88. The maximum absolute atomic E-state index is 12.8. The SMILES string of the molecule is CCCn1c(-c2ccncc2)nn(CN2CCCC(C(=O)Nc3ccccc3)C2)c1=S. The largest absolute Gasteiger partial charge is 0.326 e. The fourth-order valence-corrected chi connectivity index (χ4v) is 4.30. The third-order valence-corrected chi connectivity index (χ3v) is 5.99. The van der Waals surface area contributed by atoms with E-state index >= 15 is 0 Å². The number of likely N-dealkylation sites (tertiary alicyclic amines) is 1. The van der Waals surface area contributed by atoms with Crippen molar-refractivity contribution >= 4 is 23.8 Å². The number of carbonyl (C=O) groups excluding carboxylic acids is 1. The molecule has 0 radical (unpaired) electrons. The van der Waals surface area contributed by atoms with Gasteiger partial charge in [-0.2, -0.15) is 5.10 Å². The van der Waals surface area contributed by atoms with Crippen molar-refractivity contribution in [3.05, 3.63) is 59.6 Å². The molecule has 0 saturated carbocycles. The second-order valence-corrected chi connectivity index (χ2v) is 8.27. The molecule has 0 bridgehead atoms. The van der Waals surface area contributed by atoms with Crippen molar-refractivity contribution in [3.8, 4) is 11.4 Å². The fourth-order valence-electron chi connectivity index (χ4n) is 4.03. The minimum absolute atomic E-state index is 0.0412. The van der Waals surface area contributed by atoms with Crippen LogP contribution in [0.3, 0.4) is 0 Å². The lowest BCUT2D eigenvalue weighted by molar-refractivity contribution is -0.121. The van der Waals surface area contributed by atoms with Gasteiger partial charge < -0.3 is 5.32 Å². The van der Waals surface area contributed by atoms with Gasteiger partial charge in [0.2, 0.25) is 5.91 Å². The predicted molar refractivity (Wildman–Crippen MR) is 124 cm³/mol. The first-order valence-electron chi connectivity index (χ1n) is 10.8. The molecule has 1 aliphatic heterocycles. The molecule has 1 amide bonds. The molecule has 2 aromatic heterocycles. The Morgan fingerprint density at radius 1 is 1.19 bits per heavy atom. The first kappa shape index (κ1) is 21.4. The molecular formula is C23H28N6OS. The lowest BCUT2D eigenvalue weighted by Crippen LogP contribution is -2.41. The summed E-state index contributed by atoms with van der Waals surface area (Å²) in [6.07, 6.45) is 6.40. The molecule has 4 rings (SSSR count). The third-order valence-electron chi connectivity index (χ3n) is 5.56. The van der Waals surface area contributed by atoms with Crippen LogP contribution in [0.5, 0.6) is 0 Å². The van der Waals surface area contributed by atoms with Gasteiger partial charge >= 0.3 is 0 Å². The van der Waals surface area contributed by atoms with Gasteiger partial charge in [0.15, 0.2) is 10.6 Å². The Morgan fingerprint density at radius 2 is 1.97 bits per heavy atom. The molecule has 3 heterocycles. The van der Waals surface area contributed by atoms with Crippen LogP contribution in [0, 0.1) is 10.7 Å². The molecule has 8 heteroatoms. The standard InChI is InChI=1S/C23H28N6OS/c1-2-14-28-21(18-10-12-24-13-11-18)26-29(23(28)31)17-27-15-6-7-19(16-27)22(30)25-20-8-4-3-5-9-20/h3-5,8-13,19H,2,6-7,14-17H2,1H3,(H,25,30). The molecule has 1 atom stereocenters. The molecule has 3 aromatic rings. The molecule has 162 valence electrons. The molecule has 1 unspecified atom stereocenters. The molecule has 1 N–H and O–H groups in total. The number of anilines is 1. The van der Waals surface area contributed by atoms with Crippen molar-refractivity contribution < 1.29 is 4.79 Å². The number of nitrogens with zero attached hydrogens (tertiary/aromatic N) is 5. The van der Waals surface area contributed by atoms with E-state index in [1.54, 1.807) is 12.4 Å². The highest BCUT2D eigenvalue weighted by Gasteiger charge is 2.26. The normalized spacial score (nSPS) is 16.9. The molecule has 1 aliphatic rings. The average molecular weight is 437 g/mol. The van der Waals surface area contributed by atoms with E-state index in [-0.39, 0.29) is 11.8 Å². The van der Waals surface area contributed by atoms with Crippen molar-refractivity contribution in [3.63, 3.8) is 0 Å². The van der Waals surface area contributed by atoms with Gasteiger partial charge in [0.05, 0.1) is 12.6 Å². The van der Waals surface area contributed by atoms with Gasteiger partial charge in [-0.1, -0.05) is 25.1 Å². The van der Waals surface area contributed by atoms with Crippen LogP contribution < -0.4 is 5.32 Å². The van der Waals surface area contributed by atoms with E-state index in [1.165, 1.54) is 0 Å². The second-order valence-electron chi connectivity index (χ2n) is 7.91. The maximum Gasteiger partial charge on any atom is 0.228 e. The summed E-state index contributed by atoms with van der Waals surface area (Å²) < 4.78 is 4.69. The number of hydrogen-bond donors (Lipinski definition) is 1. The van der Waals surface area contributed by atoms with Crippen LogP contribution in [0.4, 0.5) is 5.69 Å². The van der Waals surface area contributed by atoms with Gasteiger partial charge in [0, 0.05) is 36.7 Å². The summed E-state index contributed by atoms with van der Waals surface area (Å²) in [4.78, 5) is 19.2. The summed E-state index contributed by atoms with van der Waals surface area (Å²) >= 11 is 5.76. The molecule has 1 aromatic carbocycles. The highest BCUT2D eigenvalue weighted by Crippen LogP contribution is 2.21. The van der Waals surface area contributed by atoms with Crippen LogP contribution in [0.15, 0.2) is 54.9 Å². The quantitative estimate of drug-likeness (QED) is 0.563. The summed E-state index contributed by atoms with van der Waals surface area (Å²) in [7, 11) is 0. The van der Waals surface area contributed by atoms with Gasteiger partial charge in [-0.25, -0.2) is 4.68 Å². The van der Waals surface area contributed by atoms with Crippen LogP contribution in [0.25, 0.3) is 11.4 Å². The summed E-state index contributed by atoms with van der Waals surface area (Å²) in [6.45, 7) is 5.17. The molecule has 31 heavy (non-hydrogen) atoms. The van der Waals surface area contributed by atoms with E-state index in [4.69, 9.17) is 17.3 Å². The number of hydrogen-bond acceptors (Lipinski definition) is 5. The topological polar surface area (TPSA) is 68.0 Å². The van der Waals surface area contributed by atoms with Gasteiger partial charge in [0.25, 0.3) is 0 Å². The minimum atomic E-state index is -0.0412. The minimum Gasteiger partial charge on any atom is -0.326 e. The van der Waals surface area contributed by atoms with Gasteiger partial charge in [-0.3, -0.25) is 19.2 Å². The Balaban J connectivity index is 1.48. The fraction of sp³-hybridized carbons (Fsp3) is 0.391. The molecule has 0 aliphatic carbocycles. The molecule has 1 saturated heterocycles. The number of pyridine rings is 1. The number of benzene rings is 1. The zero-order valence-corrected chi connectivity index (χ0v) is 18.6. The van der Waals surface area contributed by atoms with Crippen LogP contribution in [0.1, 0.15) is 26.2 Å². The van der Waals surface area contributed by atoms with Crippen LogP contribution >= 0.6 is 12.2 Å². The van der Waals surface area contributed by atoms with Crippen molar-refractivity contribution in [1.82, 2.24) is 24.2 Å². The zero-order valence-electron chi connectivity index (χ0n) is 17.8. The van der Waals surface area contributed by atoms with E-state index in [2.05, 4.69) is 26.7 Å². The van der Waals surface area contributed by atoms with Crippen molar-refractivity contribution in [2.45, 2.75) is 39.4 Å².